The molecule has 1 spiro atoms. The predicted molar refractivity (Wildman–Crippen MR) is 85.9 cm³/mol. The van der Waals surface area contributed by atoms with Crippen molar-refractivity contribution in [1.82, 2.24) is 0 Å². The number of aliphatic hydroxyl groups excluding tert-OH is 1. The highest BCUT2D eigenvalue weighted by molar-refractivity contribution is 5.50. The Morgan fingerprint density at radius 2 is 1.81 bits per heavy atom. The SMILES string of the molecule is CC(C)Oc1ccc(N2CCC3(CCC(O)CC3)C2)cc1. The van der Waals surface area contributed by atoms with Gasteiger partial charge in [-0.15, -0.1) is 0 Å². The minimum absolute atomic E-state index is 0.0582. The summed E-state index contributed by atoms with van der Waals surface area (Å²) in [7, 11) is 0. The Balaban J connectivity index is 1.63. The molecule has 0 radical (unpaired) electrons. The molecule has 0 atom stereocenters. The maximum atomic E-state index is 9.71. The molecule has 2 fully saturated rings. The fourth-order valence-electron chi connectivity index (χ4n) is 3.79. The van der Waals surface area contributed by atoms with E-state index in [0.29, 0.717) is 5.41 Å². The molecule has 21 heavy (non-hydrogen) atoms. The monoisotopic (exact) mass is 289 g/mol. The molecule has 3 nitrogen and oxygen atoms in total. The van der Waals surface area contributed by atoms with E-state index < -0.39 is 0 Å². The third-order valence-corrected chi connectivity index (χ3v) is 5.03. The van der Waals surface area contributed by atoms with Crippen molar-refractivity contribution in [1.29, 1.82) is 0 Å². The molecular weight excluding hydrogens is 262 g/mol. The second-order valence-corrected chi connectivity index (χ2v) is 7.06. The zero-order valence-corrected chi connectivity index (χ0v) is 13.2. The van der Waals surface area contributed by atoms with Crippen molar-refractivity contribution in [3.05, 3.63) is 24.3 Å². The number of hydrogen-bond acceptors (Lipinski definition) is 3. The van der Waals surface area contributed by atoms with E-state index >= 15 is 0 Å². The van der Waals surface area contributed by atoms with Crippen LogP contribution in [0.5, 0.6) is 5.75 Å². The quantitative estimate of drug-likeness (QED) is 0.922. The maximum Gasteiger partial charge on any atom is 0.119 e. The fraction of sp³-hybridized carbons (Fsp3) is 0.667. The zero-order valence-electron chi connectivity index (χ0n) is 13.2. The number of benzene rings is 1. The lowest BCUT2D eigenvalue weighted by atomic mass is 9.73. The van der Waals surface area contributed by atoms with E-state index in [1.807, 2.05) is 0 Å². The van der Waals surface area contributed by atoms with Crippen molar-refractivity contribution in [3.8, 4) is 5.75 Å². The molecule has 1 saturated carbocycles. The van der Waals surface area contributed by atoms with Crippen LogP contribution in [0, 0.1) is 5.41 Å². The number of aliphatic hydroxyl groups is 1. The standard InChI is InChI=1S/C18H27NO2/c1-14(2)21-17-5-3-15(4-6-17)19-12-11-18(13-19)9-7-16(20)8-10-18/h3-6,14,16,20H,7-13H2,1-2H3. The molecule has 1 aromatic rings. The van der Waals surface area contributed by atoms with Crippen LogP contribution in [0.3, 0.4) is 0 Å². The summed E-state index contributed by atoms with van der Waals surface area (Å²) in [5.41, 5.74) is 1.75. The molecule has 0 amide bonds. The van der Waals surface area contributed by atoms with Gasteiger partial charge in [0.25, 0.3) is 0 Å². The minimum Gasteiger partial charge on any atom is -0.491 e. The van der Waals surface area contributed by atoms with Gasteiger partial charge in [0.15, 0.2) is 0 Å². The van der Waals surface area contributed by atoms with Gasteiger partial charge in [0.05, 0.1) is 12.2 Å². The lowest BCUT2D eigenvalue weighted by Gasteiger charge is -2.35. The Hall–Kier alpha value is -1.22. The molecule has 1 saturated heterocycles. The van der Waals surface area contributed by atoms with Crippen molar-refractivity contribution in [2.24, 2.45) is 5.41 Å². The van der Waals surface area contributed by atoms with Crippen molar-refractivity contribution >= 4 is 5.69 Å². The van der Waals surface area contributed by atoms with E-state index in [2.05, 4.69) is 43.0 Å². The van der Waals surface area contributed by atoms with Crippen LogP contribution in [-0.4, -0.2) is 30.4 Å². The number of rotatable bonds is 3. The predicted octanol–water partition coefficient (Wildman–Crippen LogP) is 3.61. The van der Waals surface area contributed by atoms with Gasteiger partial charge in [-0.3, -0.25) is 0 Å². The highest BCUT2D eigenvalue weighted by Crippen LogP contribution is 2.45. The van der Waals surface area contributed by atoms with Gasteiger partial charge in [-0.2, -0.15) is 0 Å². The fourth-order valence-corrected chi connectivity index (χ4v) is 3.79. The smallest absolute Gasteiger partial charge is 0.119 e. The summed E-state index contributed by atoms with van der Waals surface area (Å²) >= 11 is 0. The lowest BCUT2D eigenvalue weighted by Crippen LogP contribution is -2.32. The van der Waals surface area contributed by atoms with Crippen LogP contribution >= 0.6 is 0 Å². The van der Waals surface area contributed by atoms with Crippen molar-refractivity contribution in [2.75, 3.05) is 18.0 Å². The van der Waals surface area contributed by atoms with E-state index in [1.54, 1.807) is 0 Å². The van der Waals surface area contributed by atoms with E-state index in [9.17, 15) is 5.11 Å². The molecule has 0 unspecified atom stereocenters. The normalized spacial score (nSPS) is 29.3. The van der Waals surface area contributed by atoms with Gasteiger partial charge in [-0.05, 0) is 75.6 Å². The molecule has 0 bridgehead atoms. The first kappa shape index (κ1) is 14.7. The molecule has 116 valence electrons. The lowest BCUT2D eigenvalue weighted by molar-refractivity contribution is 0.0729. The molecule has 1 aromatic carbocycles. The average Bonchev–Trinajstić information content (AvgIpc) is 2.87. The second kappa shape index (κ2) is 5.88. The van der Waals surface area contributed by atoms with E-state index in [0.717, 1.165) is 31.7 Å². The second-order valence-electron chi connectivity index (χ2n) is 7.06. The molecular formula is C18H27NO2. The first-order chi connectivity index (χ1) is 10.1. The zero-order chi connectivity index (χ0) is 14.9. The van der Waals surface area contributed by atoms with Crippen molar-refractivity contribution in [3.63, 3.8) is 0 Å². The van der Waals surface area contributed by atoms with Crippen LogP contribution in [0.1, 0.15) is 46.0 Å². The van der Waals surface area contributed by atoms with Gasteiger partial charge in [-0.1, -0.05) is 0 Å². The summed E-state index contributed by atoms with van der Waals surface area (Å²) in [6.45, 7) is 6.38. The van der Waals surface area contributed by atoms with Gasteiger partial charge in [-0.25, -0.2) is 0 Å². The number of ether oxygens (including phenoxy) is 1. The summed E-state index contributed by atoms with van der Waals surface area (Å²) < 4.78 is 5.71. The number of nitrogens with zero attached hydrogens (tertiary/aromatic N) is 1. The Kier molecular flexibility index (Phi) is 4.12. The molecule has 1 aliphatic heterocycles. The van der Waals surface area contributed by atoms with Crippen LogP contribution in [0.2, 0.25) is 0 Å². The van der Waals surface area contributed by atoms with E-state index in [4.69, 9.17) is 4.74 Å². The largest absolute Gasteiger partial charge is 0.491 e. The Morgan fingerprint density at radius 3 is 2.43 bits per heavy atom. The van der Waals surface area contributed by atoms with Crippen LogP contribution < -0.4 is 9.64 Å². The van der Waals surface area contributed by atoms with Crippen molar-refractivity contribution in [2.45, 2.75) is 58.2 Å². The summed E-state index contributed by atoms with van der Waals surface area (Å²) in [6.07, 6.45) is 5.75. The molecule has 3 rings (SSSR count). The Bertz CT molecular complexity index is 461. The van der Waals surface area contributed by atoms with Crippen LogP contribution in [-0.2, 0) is 0 Å². The Labute approximate surface area is 127 Å². The van der Waals surface area contributed by atoms with Gasteiger partial charge in [0.1, 0.15) is 5.75 Å². The number of anilines is 1. The van der Waals surface area contributed by atoms with Gasteiger partial charge in [0.2, 0.25) is 0 Å². The van der Waals surface area contributed by atoms with E-state index in [-0.39, 0.29) is 12.2 Å². The Morgan fingerprint density at radius 1 is 1.14 bits per heavy atom. The van der Waals surface area contributed by atoms with Gasteiger partial charge < -0.3 is 14.7 Å². The minimum atomic E-state index is -0.0582. The average molecular weight is 289 g/mol. The van der Waals surface area contributed by atoms with E-state index in [1.165, 1.54) is 24.9 Å². The first-order valence-electron chi connectivity index (χ1n) is 8.26. The highest BCUT2D eigenvalue weighted by atomic mass is 16.5. The molecule has 1 N–H and O–H groups in total. The first-order valence-corrected chi connectivity index (χ1v) is 8.26. The van der Waals surface area contributed by atoms with Crippen LogP contribution in [0.4, 0.5) is 5.69 Å². The highest BCUT2D eigenvalue weighted by Gasteiger charge is 2.40. The maximum absolute atomic E-state index is 9.71. The molecule has 1 heterocycles. The van der Waals surface area contributed by atoms with Crippen molar-refractivity contribution < 1.29 is 9.84 Å². The van der Waals surface area contributed by atoms with Crippen LogP contribution in [0.25, 0.3) is 0 Å². The summed E-state index contributed by atoms with van der Waals surface area (Å²) in [6, 6.07) is 8.50. The molecule has 1 aliphatic carbocycles. The van der Waals surface area contributed by atoms with Gasteiger partial charge in [0, 0.05) is 18.8 Å². The summed E-state index contributed by atoms with van der Waals surface area (Å²) in [4.78, 5) is 2.50. The summed E-state index contributed by atoms with van der Waals surface area (Å²) in [5, 5.41) is 9.71. The molecule has 2 aliphatic rings. The molecule has 0 aromatic heterocycles. The van der Waals surface area contributed by atoms with Gasteiger partial charge >= 0.3 is 0 Å². The third-order valence-electron chi connectivity index (χ3n) is 5.03. The topological polar surface area (TPSA) is 32.7 Å². The third kappa shape index (κ3) is 3.34. The number of hydrogen-bond donors (Lipinski definition) is 1. The molecule has 3 heteroatoms. The van der Waals surface area contributed by atoms with Crippen LogP contribution in [0.15, 0.2) is 24.3 Å². The summed E-state index contributed by atoms with van der Waals surface area (Å²) in [5.74, 6) is 0.948.